The van der Waals surface area contributed by atoms with Crippen LogP contribution in [-0.2, 0) is 5.75 Å². The summed E-state index contributed by atoms with van der Waals surface area (Å²) in [6.07, 6.45) is 3.52. The molecule has 5 nitrogen and oxygen atoms in total. The van der Waals surface area contributed by atoms with Crippen molar-refractivity contribution in [1.29, 1.82) is 0 Å². The molecule has 0 aliphatic rings. The number of rotatable bonds is 6. The van der Waals surface area contributed by atoms with Crippen LogP contribution in [0, 0.1) is 12.7 Å². The molecular weight excluding hydrogens is 351 g/mol. The van der Waals surface area contributed by atoms with Crippen LogP contribution in [0.4, 0.5) is 16.0 Å². The van der Waals surface area contributed by atoms with E-state index in [4.69, 9.17) is 4.74 Å². The lowest BCUT2D eigenvalue weighted by molar-refractivity contribution is 0.413. The second-order valence-corrected chi connectivity index (χ2v) is 6.56. The fourth-order valence-electron chi connectivity index (χ4n) is 2.64. The molecule has 0 aliphatic carbocycles. The number of nitrogens with one attached hydrogen (secondary N) is 1. The molecule has 1 N–H and O–H groups in total. The van der Waals surface area contributed by atoms with Crippen molar-refractivity contribution in [2.24, 2.45) is 0 Å². The van der Waals surface area contributed by atoms with Crippen molar-refractivity contribution in [1.82, 2.24) is 15.0 Å². The van der Waals surface area contributed by atoms with Crippen molar-refractivity contribution >= 4 is 23.4 Å². The first-order chi connectivity index (χ1) is 12.6. The quantitative estimate of drug-likeness (QED) is 0.684. The molecule has 0 unspecified atom stereocenters. The van der Waals surface area contributed by atoms with Gasteiger partial charge in [0.25, 0.3) is 0 Å². The number of aryl methyl sites for hydroxylation is 1. The van der Waals surface area contributed by atoms with E-state index in [2.05, 4.69) is 32.6 Å². The first kappa shape index (κ1) is 18.1. The predicted molar refractivity (Wildman–Crippen MR) is 103 cm³/mol. The van der Waals surface area contributed by atoms with Crippen molar-refractivity contribution in [3.8, 4) is 17.0 Å². The number of methoxy groups -OCH3 is 1. The van der Waals surface area contributed by atoms with Crippen LogP contribution in [0.1, 0.15) is 11.3 Å². The summed E-state index contributed by atoms with van der Waals surface area (Å²) in [4.78, 5) is 13.0. The van der Waals surface area contributed by atoms with E-state index in [-0.39, 0.29) is 5.82 Å². The van der Waals surface area contributed by atoms with Gasteiger partial charge in [-0.15, -0.1) is 0 Å². The van der Waals surface area contributed by atoms with Crippen LogP contribution in [0.5, 0.6) is 5.75 Å². The Bertz CT molecular complexity index is 920. The number of anilines is 2. The number of pyridine rings is 1. The Labute approximate surface area is 156 Å². The van der Waals surface area contributed by atoms with E-state index in [1.807, 2.05) is 13.0 Å². The van der Waals surface area contributed by atoms with Gasteiger partial charge in [-0.2, -0.15) is 11.8 Å². The van der Waals surface area contributed by atoms with Crippen LogP contribution in [0.15, 0.2) is 42.7 Å². The van der Waals surface area contributed by atoms with Crippen molar-refractivity contribution in [3.05, 3.63) is 59.8 Å². The van der Waals surface area contributed by atoms with E-state index in [0.717, 1.165) is 17.3 Å². The molecule has 0 amide bonds. The standard InChI is InChI=1S/C19H19FN4OS/c1-12-6-13(10-26-3)7-19(23-12)24-18-9-16(21-11-22-18)15-5-4-14(20)8-17(15)25-2/h4-9,11H,10H2,1-3H3,(H,21,22,23,24). The Balaban J connectivity index is 1.91. The van der Waals surface area contributed by atoms with Crippen LogP contribution >= 0.6 is 11.8 Å². The minimum absolute atomic E-state index is 0.358. The third-order valence-electron chi connectivity index (χ3n) is 3.69. The molecule has 134 valence electrons. The fraction of sp³-hybridized carbons (Fsp3) is 0.211. The summed E-state index contributed by atoms with van der Waals surface area (Å²) in [6, 6.07) is 10.2. The first-order valence-corrected chi connectivity index (χ1v) is 9.38. The molecule has 3 aromatic rings. The second-order valence-electron chi connectivity index (χ2n) is 5.69. The highest BCUT2D eigenvalue weighted by Gasteiger charge is 2.10. The molecule has 0 saturated carbocycles. The minimum atomic E-state index is -0.358. The van der Waals surface area contributed by atoms with E-state index >= 15 is 0 Å². The van der Waals surface area contributed by atoms with Gasteiger partial charge in [-0.1, -0.05) is 0 Å². The summed E-state index contributed by atoms with van der Waals surface area (Å²) in [5.74, 6) is 2.31. The van der Waals surface area contributed by atoms with Gasteiger partial charge in [0.05, 0.1) is 12.8 Å². The van der Waals surface area contributed by atoms with Crippen molar-refractivity contribution in [2.75, 3.05) is 18.7 Å². The van der Waals surface area contributed by atoms with E-state index in [0.29, 0.717) is 22.8 Å². The molecule has 0 aliphatic heterocycles. The molecule has 0 fully saturated rings. The van der Waals surface area contributed by atoms with E-state index in [1.165, 1.54) is 31.1 Å². The van der Waals surface area contributed by atoms with Crippen LogP contribution in [-0.4, -0.2) is 28.3 Å². The number of hydrogen-bond acceptors (Lipinski definition) is 6. The SMILES string of the molecule is COc1cc(F)ccc1-c1cc(Nc2cc(CSC)cc(C)n2)ncn1. The summed E-state index contributed by atoms with van der Waals surface area (Å²) in [6.45, 7) is 1.96. The maximum Gasteiger partial charge on any atom is 0.135 e. The maximum atomic E-state index is 13.4. The predicted octanol–water partition coefficient (Wildman–Crippen LogP) is 4.60. The number of benzene rings is 1. The van der Waals surface area contributed by atoms with E-state index < -0.39 is 0 Å². The average Bonchev–Trinajstić information content (AvgIpc) is 2.61. The third-order valence-corrected chi connectivity index (χ3v) is 4.31. The zero-order chi connectivity index (χ0) is 18.5. The molecule has 0 saturated heterocycles. The van der Waals surface area contributed by atoms with Gasteiger partial charge in [0.2, 0.25) is 0 Å². The van der Waals surface area contributed by atoms with Crippen LogP contribution in [0.3, 0.4) is 0 Å². The number of hydrogen-bond donors (Lipinski definition) is 1. The van der Waals surface area contributed by atoms with Crippen molar-refractivity contribution < 1.29 is 9.13 Å². The number of halogens is 1. The van der Waals surface area contributed by atoms with Gasteiger partial charge < -0.3 is 10.1 Å². The molecule has 7 heteroatoms. The van der Waals surface area contributed by atoms with E-state index in [9.17, 15) is 4.39 Å². The summed E-state index contributed by atoms with van der Waals surface area (Å²) in [7, 11) is 1.50. The third kappa shape index (κ3) is 4.29. The smallest absolute Gasteiger partial charge is 0.135 e. The molecule has 26 heavy (non-hydrogen) atoms. The lowest BCUT2D eigenvalue weighted by Gasteiger charge is -2.11. The van der Waals surface area contributed by atoms with Crippen LogP contribution in [0.2, 0.25) is 0 Å². The highest BCUT2D eigenvalue weighted by Crippen LogP contribution is 2.30. The molecule has 0 bridgehead atoms. The lowest BCUT2D eigenvalue weighted by Crippen LogP contribution is -2.00. The maximum absolute atomic E-state index is 13.4. The van der Waals surface area contributed by atoms with E-state index in [1.54, 1.807) is 23.9 Å². The van der Waals surface area contributed by atoms with Crippen molar-refractivity contribution in [2.45, 2.75) is 12.7 Å². The highest BCUT2D eigenvalue weighted by molar-refractivity contribution is 7.97. The Morgan fingerprint density at radius 3 is 2.73 bits per heavy atom. The van der Waals surface area contributed by atoms with Gasteiger partial charge >= 0.3 is 0 Å². The molecule has 2 aromatic heterocycles. The summed E-state index contributed by atoms with van der Waals surface area (Å²) >= 11 is 1.76. The molecular formula is C19H19FN4OS. The lowest BCUT2D eigenvalue weighted by atomic mass is 10.1. The highest BCUT2D eigenvalue weighted by atomic mass is 32.2. The van der Waals surface area contributed by atoms with Gasteiger partial charge in [-0.25, -0.2) is 19.3 Å². The largest absolute Gasteiger partial charge is 0.496 e. The minimum Gasteiger partial charge on any atom is -0.496 e. The van der Waals surface area contributed by atoms with Crippen LogP contribution < -0.4 is 10.1 Å². The summed E-state index contributed by atoms with van der Waals surface area (Å²) < 4.78 is 18.7. The van der Waals surface area contributed by atoms with Gasteiger partial charge in [-0.3, -0.25) is 0 Å². The van der Waals surface area contributed by atoms with Gasteiger partial charge in [0.15, 0.2) is 0 Å². The Kier molecular flexibility index (Phi) is 5.68. The van der Waals surface area contributed by atoms with Crippen LogP contribution in [0.25, 0.3) is 11.3 Å². The first-order valence-electron chi connectivity index (χ1n) is 7.98. The van der Waals surface area contributed by atoms with Gasteiger partial charge in [-0.05, 0) is 43.0 Å². The topological polar surface area (TPSA) is 59.9 Å². The molecule has 0 atom stereocenters. The van der Waals surface area contributed by atoms with Gasteiger partial charge in [0.1, 0.15) is 29.5 Å². The average molecular weight is 370 g/mol. The number of aromatic nitrogens is 3. The normalized spacial score (nSPS) is 10.6. The van der Waals surface area contributed by atoms with Crippen molar-refractivity contribution in [3.63, 3.8) is 0 Å². The Hall–Kier alpha value is -2.67. The second kappa shape index (κ2) is 8.14. The number of nitrogens with zero attached hydrogens (tertiary/aromatic N) is 3. The molecule has 0 spiro atoms. The molecule has 2 heterocycles. The number of ether oxygens (including phenoxy) is 1. The molecule has 0 radical (unpaired) electrons. The number of thioether (sulfide) groups is 1. The fourth-order valence-corrected chi connectivity index (χ4v) is 3.14. The summed E-state index contributed by atoms with van der Waals surface area (Å²) in [5.41, 5.74) is 3.46. The monoisotopic (exact) mass is 370 g/mol. The molecule has 1 aromatic carbocycles. The molecule has 3 rings (SSSR count). The Morgan fingerprint density at radius 1 is 1.12 bits per heavy atom. The summed E-state index contributed by atoms with van der Waals surface area (Å²) in [5, 5.41) is 3.22. The van der Waals surface area contributed by atoms with Gasteiger partial charge in [0, 0.05) is 29.1 Å². The Morgan fingerprint density at radius 2 is 1.96 bits per heavy atom. The zero-order valence-corrected chi connectivity index (χ0v) is 15.6. The zero-order valence-electron chi connectivity index (χ0n) is 14.8.